The second-order valence-electron chi connectivity index (χ2n) is 7.29. The Kier molecular flexibility index (Phi) is 7.41. The van der Waals surface area contributed by atoms with Crippen molar-refractivity contribution in [3.8, 4) is 0 Å². The van der Waals surface area contributed by atoms with Crippen LogP contribution < -0.4 is 5.32 Å². The normalized spacial score (nSPS) is 21.7. The topological polar surface area (TPSA) is 55.8 Å². The zero-order valence-corrected chi connectivity index (χ0v) is 16.0. The number of hydrogen-bond acceptors (Lipinski definition) is 4. The van der Waals surface area contributed by atoms with E-state index in [4.69, 9.17) is 0 Å². The number of aliphatic hydroxyl groups excluding tert-OH is 1. The summed E-state index contributed by atoms with van der Waals surface area (Å²) in [6.07, 6.45) is 0.726. The lowest BCUT2D eigenvalue weighted by Crippen LogP contribution is -2.56. The van der Waals surface area contributed by atoms with Crippen molar-refractivity contribution in [1.29, 1.82) is 0 Å². The first-order chi connectivity index (χ1) is 11.9. The van der Waals surface area contributed by atoms with E-state index < -0.39 is 0 Å². The number of β-amino-alcohol motifs (C(OH)–C–C–N with tert-alkyl or cyclic N) is 1. The number of aryl methyl sites for hydroxylation is 1. The zero-order chi connectivity index (χ0) is 18.4. The molecule has 1 heterocycles. The quantitative estimate of drug-likeness (QED) is 0.792. The highest BCUT2D eigenvalue weighted by molar-refractivity contribution is 5.78. The number of nitrogens with one attached hydrogen (secondary N) is 1. The molecular weight excluding hydrogens is 314 g/mol. The summed E-state index contributed by atoms with van der Waals surface area (Å²) in [4.78, 5) is 17.0. The predicted octanol–water partition coefficient (Wildman–Crippen LogP) is 1.95. The number of piperazine rings is 1. The maximum atomic E-state index is 12.5. The van der Waals surface area contributed by atoms with Crippen LogP contribution in [-0.4, -0.2) is 65.7 Å². The van der Waals surface area contributed by atoms with Gasteiger partial charge in [0.15, 0.2) is 0 Å². The van der Waals surface area contributed by atoms with Gasteiger partial charge in [-0.1, -0.05) is 31.2 Å². The van der Waals surface area contributed by atoms with E-state index in [0.717, 1.165) is 26.1 Å². The summed E-state index contributed by atoms with van der Waals surface area (Å²) >= 11 is 0. The smallest absolute Gasteiger partial charge is 0.234 e. The first-order valence-corrected chi connectivity index (χ1v) is 9.40. The van der Waals surface area contributed by atoms with Crippen LogP contribution in [-0.2, 0) is 4.79 Å². The Labute approximate surface area is 152 Å². The molecule has 1 fully saturated rings. The maximum absolute atomic E-state index is 12.5. The summed E-state index contributed by atoms with van der Waals surface area (Å²) in [6, 6.07) is 8.61. The number of nitrogens with zero attached hydrogens (tertiary/aromatic N) is 2. The molecule has 25 heavy (non-hydrogen) atoms. The molecule has 140 valence electrons. The van der Waals surface area contributed by atoms with Crippen molar-refractivity contribution in [2.75, 3.05) is 32.7 Å². The van der Waals surface area contributed by atoms with E-state index in [1.165, 1.54) is 11.1 Å². The van der Waals surface area contributed by atoms with Crippen molar-refractivity contribution < 1.29 is 9.90 Å². The van der Waals surface area contributed by atoms with E-state index in [-0.39, 0.29) is 18.1 Å². The fourth-order valence-electron chi connectivity index (χ4n) is 3.71. The lowest BCUT2D eigenvalue weighted by molar-refractivity contribution is -0.123. The van der Waals surface area contributed by atoms with Gasteiger partial charge in [0.2, 0.25) is 5.91 Å². The standard InChI is InChI=1S/C20H33N3O2/c1-5-18-13-22(10-11-23(18)12-16(3)24)14-20(25)21-17(4)19-9-7-6-8-15(19)2/h6-9,16-18,24H,5,10-14H2,1-4H3,(H,21,25)/t16-,17-,18+/m0/s1. The van der Waals surface area contributed by atoms with Crippen molar-refractivity contribution in [3.63, 3.8) is 0 Å². The minimum absolute atomic E-state index is 0.0206. The third-order valence-corrected chi connectivity index (χ3v) is 5.06. The van der Waals surface area contributed by atoms with Crippen LogP contribution in [0.2, 0.25) is 0 Å². The fraction of sp³-hybridized carbons (Fsp3) is 0.650. The first kappa shape index (κ1) is 19.9. The van der Waals surface area contributed by atoms with Gasteiger partial charge in [0.05, 0.1) is 18.7 Å². The number of benzene rings is 1. The lowest BCUT2D eigenvalue weighted by Gasteiger charge is -2.41. The molecule has 1 aromatic carbocycles. The maximum Gasteiger partial charge on any atom is 0.234 e. The Morgan fingerprint density at radius 1 is 1.32 bits per heavy atom. The van der Waals surface area contributed by atoms with Gasteiger partial charge in [-0.3, -0.25) is 14.6 Å². The van der Waals surface area contributed by atoms with Crippen molar-refractivity contribution in [2.24, 2.45) is 0 Å². The van der Waals surface area contributed by atoms with Crippen LogP contribution in [0.4, 0.5) is 0 Å². The molecule has 5 heteroatoms. The number of carbonyl (C=O) groups is 1. The molecule has 0 radical (unpaired) electrons. The number of rotatable bonds is 7. The molecule has 0 aliphatic carbocycles. The molecule has 2 N–H and O–H groups in total. The molecule has 0 spiro atoms. The lowest BCUT2D eigenvalue weighted by atomic mass is 10.0. The SMILES string of the molecule is CC[C@@H]1CN(CC(=O)N[C@@H](C)c2ccccc2C)CCN1C[C@H](C)O. The Morgan fingerprint density at radius 2 is 2.04 bits per heavy atom. The van der Waals surface area contributed by atoms with Crippen LogP contribution in [0.25, 0.3) is 0 Å². The van der Waals surface area contributed by atoms with Gasteiger partial charge in [-0.2, -0.15) is 0 Å². The van der Waals surface area contributed by atoms with Gasteiger partial charge >= 0.3 is 0 Å². The highest BCUT2D eigenvalue weighted by atomic mass is 16.3. The summed E-state index contributed by atoms with van der Waals surface area (Å²) in [5.41, 5.74) is 2.37. The van der Waals surface area contributed by atoms with Crippen LogP contribution in [0.15, 0.2) is 24.3 Å². The first-order valence-electron chi connectivity index (χ1n) is 9.40. The Morgan fingerprint density at radius 3 is 2.68 bits per heavy atom. The highest BCUT2D eigenvalue weighted by Gasteiger charge is 2.27. The molecule has 0 bridgehead atoms. The largest absolute Gasteiger partial charge is 0.392 e. The van der Waals surface area contributed by atoms with Crippen molar-refractivity contribution >= 4 is 5.91 Å². The summed E-state index contributed by atoms with van der Waals surface area (Å²) in [7, 11) is 0. The minimum Gasteiger partial charge on any atom is -0.392 e. The molecule has 1 aromatic rings. The Hall–Kier alpha value is -1.43. The number of carbonyl (C=O) groups excluding carboxylic acids is 1. The van der Waals surface area contributed by atoms with E-state index in [1.54, 1.807) is 0 Å². The van der Waals surface area contributed by atoms with Gasteiger partial charge in [0.25, 0.3) is 0 Å². The molecule has 0 saturated carbocycles. The summed E-state index contributed by atoms with van der Waals surface area (Å²) < 4.78 is 0. The average molecular weight is 348 g/mol. The van der Waals surface area contributed by atoms with Gasteiger partial charge < -0.3 is 10.4 Å². The number of amides is 1. The molecule has 1 saturated heterocycles. The minimum atomic E-state index is -0.307. The summed E-state index contributed by atoms with van der Waals surface area (Å²) in [5, 5.41) is 12.8. The highest BCUT2D eigenvalue weighted by Crippen LogP contribution is 2.17. The molecular formula is C20H33N3O2. The van der Waals surface area contributed by atoms with Crippen LogP contribution >= 0.6 is 0 Å². The Bertz CT molecular complexity index is 562. The second kappa shape index (κ2) is 9.32. The van der Waals surface area contributed by atoms with Crippen molar-refractivity contribution in [1.82, 2.24) is 15.1 Å². The molecule has 0 aromatic heterocycles. The van der Waals surface area contributed by atoms with E-state index in [0.29, 0.717) is 19.1 Å². The molecule has 2 rings (SSSR count). The van der Waals surface area contributed by atoms with Crippen LogP contribution in [0.5, 0.6) is 0 Å². The Balaban J connectivity index is 1.85. The molecule has 0 unspecified atom stereocenters. The van der Waals surface area contributed by atoms with Gasteiger partial charge in [-0.15, -0.1) is 0 Å². The van der Waals surface area contributed by atoms with Gasteiger partial charge in [0, 0.05) is 32.2 Å². The molecule has 1 aliphatic rings. The summed E-state index contributed by atoms with van der Waals surface area (Å²) in [5.74, 6) is 0.0783. The summed E-state index contributed by atoms with van der Waals surface area (Å²) in [6.45, 7) is 11.9. The van der Waals surface area contributed by atoms with Gasteiger partial charge in [0.1, 0.15) is 0 Å². The van der Waals surface area contributed by atoms with E-state index >= 15 is 0 Å². The number of aliphatic hydroxyl groups is 1. The third kappa shape index (κ3) is 5.80. The van der Waals surface area contributed by atoms with Crippen LogP contribution in [0, 0.1) is 6.92 Å². The van der Waals surface area contributed by atoms with Crippen LogP contribution in [0.3, 0.4) is 0 Å². The third-order valence-electron chi connectivity index (χ3n) is 5.06. The molecule has 5 nitrogen and oxygen atoms in total. The molecule has 1 aliphatic heterocycles. The van der Waals surface area contributed by atoms with E-state index in [2.05, 4.69) is 41.1 Å². The van der Waals surface area contributed by atoms with E-state index in [1.807, 2.05) is 26.0 Å². The second-order valence-corrected chi connectivity index (χ2v) is 7.29. The van der Waals surface area contributed by atoms with Gasteiger partial charge in [-0.25, -0.2) is 0 Å². The van der Waals surface area contributed by atoms with Crippen LogP contribution in [0.1, 0.15) is 44.4 Å². The zero-order valence-electron chi connectivity index (χ0n) is 16.0. The molecule has 1 amide bonds. The van der Waals surface area contributed by atoms with Gasteiger partial charge in [-0.05, 0) is 38.3 Å². The van der Waals surface area contributed by atoms with Crippen molar-refractivity contribution in [3.05, 3.63) is 35.4 Å². The number of hydrogen-bond donors (Lipinski definition) is 2. The fourth-order valence-corrected chi connectivity index (χ4v) is 3.71. The van der Waals surface area contributed by atoms with Crippen molar-refractivity contribution in [2.45, 2.75) is 52.3 Å². The van der Waals surface area contributed by atoms with E-state index in [9.17, 15) is 9.90 Å². The monoisotopic (exact) mass is 347 g/mol. The average Bonchev–Trinajstić information content (AvgIpc) is 2.56. The predicted molar refractivity (Wildman–Crippen MR) is 102 cm³/mol. The molecule has 3 atom stereocenters.